The number of rotatable bonds is 6. The molecule has 0 spiro atoms. The molecule has 1 saturated heterocycles. The van der Waals surface area contributed by atoms with Crippen LogP contribution < -0.4 is 0 Å². The van der Waals surface area contributed by atoms with Crippen molar-refractivity contribution >= 4 is 17.2 Å². The van der Waals surface area contributed by atoms with E-state index in [9.17, 15) is 5.11 Å². The summed E-state index contributed by atoms with van der Waals surface area (Å²) in [7, 11) is 0. The number of pyridine rings is 1. The highest BCUT2D eigenvalue weighted by Crippen LogP contribution is 2.33. The second-order valence-electron chi connectivity index (χ2n) is 7.51. The topological polar surface area (TPSA) is 49.5 Å². The van der Waals surface area contributed by atoms with Gasteiger partial charge in [0.25, 0.3) is 0 Å². The van der Waals surface area contributed by atoms with Crippen LogP contribution in [0.2, 0.25) is 5.02 Å². The molecule has 0 radical (unpaired) electrons. The maximum Gasteiger partial charge on any atom is 0.134 e. The van der Waals surface area contributed by atoms with Crippen LogP contribution in [0.5, 0.6) is 0 Å². The number of hydrogen-bond acceptors (Lipinski definition) is 4. The number of aromatic nitrogens is 1. The molecule has 0 bridgehead atoms. The summed E-state index contributed by atoms with van der Waals surface area (Å²) in [5.41, 5.74) is 2.32. The molecule has 0 aliphatic carbocycles. The van der Waals surface area contributed by atoms with Gasteiger partial charge in [0.2, 0.25) is 0 Å². The quantitative estimate of drug-likeness (QED) is 0.614. The van der Waals surface area contributed by atoms with E-state index in [-0.39, 0.29) is 0 Å². The largest absolute Gasteiger partial charge is 0.464 e. The van der Waals surface area contributed by atoms with Gasteiger partial charge < -0.3 is 14.4 Å². The lowest BCUT2D eigenvalue weighted by Crippen LogP contribution is -2.42. The number of furan rings is 1. The third-order valence-electron chi connectivity index (χ3n) is 5.62. The van der Waals surface area contributed by atoms with Crippen molar-refractivity contribution in [1.82, 2.24) is 9.88 Å². The Balaban J connectivity index is 1.37. The van der Waals surface area contributed by atoms with Gasteiger partial charge in [-0.05, 0) is 55.2 Å². The molecular weight excluding hydrogens is 384 g/mol. The van der Waals surface area contributed by atoms with Crippen LogP contribution in [0.3, 0.4) is 0 Å². The van der Waals surface area contributed by atoms with Crippen LogP contribution in [0.1, 0.15) is 36.1 Å². The maximum atomic E-state index is 11.0. The van der Waals surface area contributed by atoms with Gasteiger partial charge in [0.15, 0.2) is 0 Å². The fourth-order valence-electron chi connectivity index (χ4n) is 3.90. The molecule has 0 saturated carbocycles. The Kier molecular flexibility index (Phi) is 6.14. The zero-order chi connectivity index (χ0) is 20.1. The second kappa shape index (κ2) is 8.95. The van der Waals surface area contributed by atoms with Crippen molar-refractivity contribution in [3.63, 3.8) is 0 Å². The monoisotopic (exact) mass is 408 g/mol. The van der Waals surface area contributed by atoms with Gasteiger partial charge in [0.05, 0.1) is 11.9 Å². The Labute approximate surface area is 176 Å². The fourth-order valence-corrected chi connectivity index (χ4v) is 4.03. The number of benzene rings is 1. The molecule has 0 atom stereocenters. The minimum absolute atomic E-state index is 0.697. The summed E-state index contributed by atoms with van der Waals surface area (Å²) < 4.78 is 5.63. The molecule has 0 unspecified atom stereocenters. The van der Waals surface area contributed by atoms with Crippen molar-refractivity contribution in [2.45, 2.75) is 24.9 Å². The van der Waals surface area contributed by atoms with E-state index in [1.807, 2.05) is 48.7 Å². The van der Waals surface area contributed by atoms with E-state index in [1.165, 1.54) is 0 Å². The van der Waals surface area contributed by atoms with E-state index < -0.39 is 5.60 Å². The normalized spacial score (nSPS) is 17.4. The van der Waals surface area contributed by atoms with Gasteiger partial charge >= 0.3 is 0 Å². The zero-order valence-corrected chi connectivity index (χ0v) is 17.1. The van der Waals surface area contributed by atoms with Crippen LogP contribution in [0.4, 0.5) is 0 Å². The van der Waals surface area contributed by atoms with Crippen molar-refractivity contribution in [2.24, 2.45) is 0 Å². The van der Waals surface area contributed by atoms with Crippen molar-refractivity contribution < 1.29 is 9.52 Å². The molecule has 1 aliphatic rings. The first kappa shape index (κ1) is 19.9. The van der Waals surface area contributed by atoms with Gasteiger partial charge in [-0.2, -0.15) is 0 Å². The Morgan fingerprint density at radius 2 is 1.93 bits per heavy atom. The summed E-state index contributed by atoms with van der Waals surface area (Å²) in [4.78, 5) is 6.64. The molecule has 3 heterocycles. The van der Waals surface area contributed by atoms with E-state index in [0.29, 0.717) is 5.02 Å². The van der Waals surface area contributed by atoms with Crippen LogP contribution in [-0.4, -0.2) is 34.6 Å². The average molecular weight is 409 g/mol. The first-order valence-electron chi connectivity index (χ1n) is 9.99. The van der Waals surface area contributed by atoms with E-state index >= 15 is 0 Å². The molecule has 29 heavy (non-hydrogen) atoms. The number of hydrogen-bond donors (Lipinski definition) is 1. The number of halogens is 1. The van der Waals surface area contributed by atoms with Crippen LogP contribution in [-0.2, 0) is 5.60 Å². The number of piperidine rings is 1. The zero-order valence-electron chi connectivity index (χ0n) is 16.3. The SMILES string of the molecule is OC1(c2ccc(Cl)cc2)CCN(CC/C=C(\c2cccnc2)c2ccco2)CC1. The molecule has 4 rings (SSSR count). The van der Waals surface area contributed by atoms with Crippen LogP contribution in [0.25, 0.3) is 5.57 Å². The minimum Gasteiger partial charge on any atom is -0.464 e. The van der Waals surface area contributed by atoms with E-state index in [1.54, 1.807) is 12.5 Å². The van der Waals surface area contributed by atoms with E-state index in [2.05, 4.69) is 22.0 Å². The van der Waals surface area contributed by atoms with Crippen LogP contribution >= 0.6 is 11.6 Å². The smallest absolute Gasteiger partial charge is 0.134 e. The summed E-state index contributed by atoms with van der Waals surface area (Å²) in [6, 6.07) is 15.4. The highest BCUT2D eigenvalue weighted by Gasteiger charge is 2.33. The van der Waals surface area contributed by atoms with Gasteiger partial charge in [-0.1, -0.05) is 35.9 Å². The Morgan fingerprint density at radius 3 is 2.59 bits per heavy atom. The molecule has 1 aromatic carbocycles. The lowest BCUT2D eigenvalue weighted by Gasteiger charge is -2.38. The van der Waals surface area contributed by atoms with Crippen LogP contribution in [0, 0.1) is 0 Å². The lowest BCUT2D eigenvalue weighted by atomic mass is 9.84. The summed E-state index contributed by atoms with van der Waals surface area (Å²) in [5, 5.41) is 11.7. The van der Waals surface area contributed by atoms with Gasteiger partial charge in [-0.3, -0.25) is 4.98 Å². The molecule has 150 valence electrons. The van der Waals surface area contributed by atoms with Gasteiger partial charge in [0, 0.05) is 48.2 Å². The van der Waals surface area contributed by atoms with Crippen molar-refractivity contribution in [1.29, 1.82) is 0 Å². The van der Waals surface area contributed by atoms with Gasteiger partial charge in [0.1, 0.15) is 5.76 Å². The van der Waals surface area contributed by atoms with E-state index in [4.69, 9.17) is 16.0 Å². The van der Waals surface area contributed by atoms with Crippen LogP contribution in [0.15, 0.2) is 77.7 Å². The molecule has 5 heteroatoms. The number of nitrogens with zero attached hydrogens (tertiary/aromatic N) is 2. The highest BCUT2D eigenvalue weighted by atomic mass is 35.5. The summed E-state index contributed by atoms with van der Waals surface area (Å²) in [6.45, 7) is 2.69. The van der Waals surface area contributed by atoms with Crippen molar-refractivity contribution in [3.05, 3.63) is 95.2 Å². The first-order valence-corrected chi connectivity index (χ1v) is 10.4. The average Bonchev–Trinajstić information content (AvgIpc) is 3.28. The second-order valence-corrected chi connectivity index (χ2v) is 7.94. The Bertz CT molecular complexity index is 929. The number of likely N-dealkylation sites (tertiary alicyclic amines) is 1. The Hall–Kier alpha value is -2.40. The van der Waals surface area contributed by atoms with Crippen molar-refractivity contribution in [2.75, 3.05) is 19.6 Å². The predicted molar refractivity (Wildman–Crippen MR) is 116 cm³/mol. The molecule has 1 N–H and O–H groups in total. The molecule has 0 amide bonds. The molecular formula is C24H25ClN2O2. The van der Waals surface area contributed by atoms with E-state index in [0.717, 1.165) is 61.4 Å². The molecule has 4 nitrogen and oxygen atoms in total. The maximum absolute atomic E-state index is 11.0. The third kappa shape index (κ3) is 4.78. The minimum atomic E-state index is -0.758. The standard InChI is InChI=1S/C24H25ClN2O2/c25-21-9-7-20(8-10-21)24(28)11-15-27(16-12-24)14-2-5-22(23-6-3-17-29-23)19-4-1-13-26-18-19/h1,3-10,13,17-18,28H,2,11-12,14-16H2/b22-5+. The number of aliphatic hydroxyl groups is 1. The van der Waals surface area contributed by atoms with Gasteiger partial charge in [-0.25, -0.2) is 0 Å². The molecule has 1 fully saturated rings. The Morgan fingerprint density at radius 1 is 1.14 bits per heavy atom. The molecule has 1 aliphatic heterocycles. The van der Waals surface area contributed by atoms with Crippen molar-refractivity contribution in [3.8, 4) is 0 Å². The lowest BCUT2D eigenvalue weighted by molar-refractivity contribution is -0.0254. The summed E-state index contributed by atoms with van der Waals surface area (Å²) >= 11 is 5.98. The highest BCUT2D eigenvalue weighted by molar-refractivity contribution is 6.30. The molecule has 2 aromatic heterocycles. The molecule has 3 aromatic rings. The van der Waals surface area contributed by atoms with Gasteiger partial charge in [-0.15, -0.1) is 0 Å². The fraction of sp³-hybridized carbons (Fsp3) is 0.292. The first-order chi connectivity index (χ1) is 14.1. The summed E-state index contributed by atoms with van der Waals surface area (Å²) in [5.74, 6) is 0.855. The predicted octanol–water partition coefficient (Wildman–Crippen LogP) is 5.13. The third-order valence-corrected chi connectivity index (χ3v) is 5.87. The summed E-state index contributed by atoms with van der Waals surface area (Å²) in [6.07, 6.45) is 9.92.